The van der Waals surface area contributed by atoms with Gasteiger partial charge in [0.15, 0.2) is 0 Å². The van der Waals surface area contributed by atoms with E-state index in [1.807, 2.05) is 16.9 Å². The first-order valence-corrected chi connectivity index (χ1v) is 6.75. The molecular weight excluding hydrogens is 228 g/mol. The van der Waals surface area contributed by atoms with Crippen LogP contribution in [0.5, 0.6) is 0 Å². The molecule has 1 aliphatic heterocycles. The maximum atomic E-state index is 10.5. The van der Waals surface area contributed by atoms with Gasteiger partial charge in [0.25, 0.3) is 0 Å². The van der Waals surface area contributed by atoms with Gasteiger partial charge in [0.05, 0.1) is 11.3 Å². The van der Waals surface area contributed by atoms with Crippen LogP contribution in [0.25, 0.3) is 0 Å². The van der Waals surface area contributed by atoms with E-state index in [0.717, 1.165) is 39.0 Å². The highest BCUT2D eigenvalue weighted by Crippen LogP contribution is 2.19. The molecule has 1 atom stereocenters. The smallest absolute Gasteiger partial charge is 0.0898 e. The SMILES string of the molecule is CCn1nccc1CNCC1(O)CCCN(C)C1. The standard InChI is InChI=1S/C13H24N4O/c1-3-17-12(5-7-15-17)9-14-10-13(18)6-4-8-16(2)11-13/h5,7,14,18H,3-4,6,8-11H2,1-2H3. The molecule has 0 amide bonds. The van der Waals surface area contributed by atoms with E-state index in [0.29, 0.717) is 6.54 Å². The van der Waals surface area contributed by atoms with Gasteiger partial charge >= 0.3 is 0 Å². The number of likely N-dealkylation sites (N-methyl/N-ethyl adjacent to an activating group) is 1. The van der Waals surface area contributed by atoms with E-state index in [2.05, 4.69) is 29.3 Å². The molecule has 1 aromatic rings. The molecule has 1 aromatic heterocycles. The summed E-state index contributed by atoms with van der Waals surface area (Å²) in [5.74, 6) is 0. The molecule has 2 rings (SSSR count). The summed E-state index contributed by atoms with van der Waals surface area (Å²) in [7, 11) is 2.07. The number of aryl methyl sites for hydroxylation is 1. The van der Waals surface area contributed by atoms with Gasteiger partial charge in [0.1, 0.15) is 0 Å². The van der Waals surface area contributed by atoms with Crippen molar-refractivity contribution in [1.29, 1.82) is 0 Å². The monoisotopic (exact) mass is 252 g/mol. The lowest BCUT2D eigenvalue weighted by molar-refractivity contribution is -0.0219. The Bertz CT molecular complexity index is 379. The molecule has 1 aliphatic rings. The summed E-state index contributed by atoms with van der Waals surface area (Å²) in [6.45, 7) is 6.22. The first-order chi connectivity index (χ1) is 8.63. The van der Waals surface area contributed by atoms with Gasteiger partial charge in [-0.3, -0.25) is 4.68 Å². The van der Waals surface area contributed by atoms with E-state index in [4.69, 9.17) is 0 Å². The fourth-order valence-corrected chi connectivity index (χ4v) is 2.70. The average molecular weight is 252 g/mol. The molecule has 0 spiro atoms. The van der Waals surface area contributed by atoms with Crippen LogP contribution in [0, 0.1) is 0 Å². The summed E-state index contributed by atoms with van der Waals surface area (Å²) in [5.41, 5.74) is 0.592. The Labute approximate surface area is 109 Å². The molecule has 5 heteroatoms. The number of hydrogen-bond acceptors (Lipinski definition) is 4. The predicted molar refractivity (Wildman–Crippen MR) is 71.3 cm³/mol. The number of β-amino-alcohol motifs (C(OH)–C–C–N with tert-alkyl or cyclic N) is 1. The molecule has 1 fully saturated rings. The van der Waals surface area contributed by atoms with Crippen molar-refractivity contribution in [2.24, 2.45) is 0 Å². The van der Waals surface area contributed by atoms with Gasteiger partial charge in [-0.25, -0.2) is 0 Å². The number of aromatic nitrogens is 2. The Morgan fingerprint density at radius 1 is 1.56 bits per heavy atom. The van der Waals surface area contributed by atoms with Crippen molar-refractivity contribution in [3.05, 3.63) is 18.0 Å². The molecule has 2 N–H and O–H groups in total. The lowest BCUT2D eigenvalue weighted by Gasteiger charge is -2.37. The van der Waals surface area contributed by atoms with Crippen molar-refractivity contribution in [3.63, 3.8) is 0 Å². The number of aliphatic hydroxyl groups is 1. The van der Waals surface area contributed by atoms with Gasteiger partial charge < -0.3 is 15.3 Å². The summed E-state index contributed by atoms with van der Waals surface area (Å²) in [5, 5.41) is 18.1. The Morgan fingerprint density at radius 2 is 2.39 bits per heavy atom. The molecule has 1 saturated heterocycles. The Hall–Kier alpha value is -0.910. The second-order valence-electron chi connectivity index (χ2n) is 5.31. The zero-order chi connectivity index (χ0) is 13.0. The first kappa shape index (κ1) is 13.5. The summed E-state index contributed by atoms with van der Waals surface area (Å²) in [4.78, 5) is 2.20. The van der Waals surface area contributed by atoms with E-state index >= 15 is 0 Å². The molecule has 1 unspecified atom stereocenters. The van der Waals surface area contributed by atoms with Crippen LogP contribution in [-0.2, 0) is 13.1 Å². The lowest BCUT2D eigenvalue weighted by Crippen LogP contribution is -2.52. The van der Waals surface area contributed by atoms with Crippen molar-refractivity contribution < 1.29 is 5.11 Å². The third-order valence-electron chi connectivity index (χ3n) is 3.61. The first-order valence-electron chi connectivity index (χ1n) is 6.75. The number of rotatable bonds is 5. The van der Waals surface area contributed by atoms with E-state index in [1.165, 1.54) is 5.69 Å². The van der Waals surface area contributed by atoms with Crippen LogP contribution in [0.3, 0.4) is 0 Å². The molecule has 18 heavy (non-hydrogen) atoms. The average Bonchev–Trinajstić information content (AvgIpc) is 2.76. The van der Waals surface area contributed by atoms with Gasteiger partial charge in [0.2, 0.25) is 0 Å². The second-order valence-corrected chi connectivity index (χ2v) is 5.31. The molecule has 0 aliphatic carbocycles. The number of hydrogen-bond donors (Lipinski definition) is 2. The van der Waals surface area contributed by atoms with E-state index < -0.39 is 5.60 Å². The topological polar surface area (TPSA) is 53.3 Å². The second kappa shape index (κ2) is 5.82. The highest BCUT2D eigenvalue weighted by atomic mass is 16.3. The minimum Gasteiger partial charge on any atom is -0.387 e. The van der Waals surface area contributed by atoms with Gasteiger partial charge in [-0.1, -0.05) is 0 Å². The van der Waals surface area contributed by atoms with Gasteiger partial charge in [-0.2, -0.15) is 5.10 Å². The lowest BCUT2D eigenvalue weighted by atomic mass is 9.93. The van der Waals surface area contributed by atoms with Crippen LogP contribution in [0.15, 0.2) is 12.3 Å². The molecule has 2 heterocycles. The number of nitrogens with one attached hydrogen (secondary N) is 1. The summed E-state index contributed by atoms with van der Waals surface area (Å²) >= 11 is 0. The quantitative estimate of drug-likeness (QED) is 0.799. The zero-order valence-corrected chi connectivity index (χ0v) is 11.4. The van der Waals surface area contributed by atoms with Crippen molar-refractivity contribution in [2.75, 3.05) is 26.7 Å². The van der Waals surface area contributed by atoms with Crippen LogP contribution >= 0.6 is 0 Å². The minimum absolute atomic E-state index is 0.579. The van der Waals surface area contributed by atoms with Gasteiger partial charge in [-0.05, 0) is 39.4 Å². The fourth-order valence-electron chi connectivity index (χ4n) is 2.70. The summed E-state index contributed by atoms with van der Waals surface area (Å²) in [6, 6.07) is 2.02. The van der Waals surface area contributed by atoms with Crippen molar-refractivity contribution in [3.8, 4) is 0 Å². The Morgan fingerprint density at radius 3 is 3.11 bits per heavy atom. The third kappa shape index (κ3) is 3.31. The molecule has 5 nitrogen and oxygen atoms in total. The van der Waals surface area contributed by atoms with E-state index in [-0.39, 0.29) is 0 Å². The fraction of sp³-hybridized carbons (Fsp3) is 0.769. The normalized spacial score (nSPS) is 25.5. The van der Waals surface area contributed by atoms with E-state index in [9.17, 15) is 5.11 Å². The summed E-state index contributed by atoms with van der Waals surface area (Å²) < 4.78 is 1.98. The van der Waals surface area contributed by atoms with Crippen molar-refractivity contribution in [2.45, 2.75) is 38.5 Å². The van der Waals surface area contributed by atoms with Crippen LogP contribution in [0.2, 0.25) is 0 Å². The number of piperidine rings is 1. The molecule has 0 radical (unpaired) electrons. The minimum atomic E-state index is -0.579. The van der Waals surface area contributed by atoms with Crippen LogP contribution in [0.1, 0.15) is 25.5 Å². The Kier molecular flexibility index (Phi) is 4.37. The third-order valence-corrected chi connectivity index (χ3v) is 3.61. The molecular formula is C13H24N4O. The van der Waals surface area contributed by atoms with E-state index in [1.54, 1.807) is 0 Å². The summed E-state index contributed by atoms with van der Waals surface area (Å²) in [6.07, 6.45) is 3.78. The molecule has 0 bridgehead atoms. The largest absolute Gasteiger partial charge is 0.387 e. The van der Waals surface area contributed by atoms with Gasteiger partial charge in [0, 0.05) is 32.4 Å². The van der Waals surface area contributed by atoms with Gasteiger partial charge in [-0.15, -0.1) is 0 Å². The maximum absolute atomic E-state index is 10.5. The Balaban J connectivity index is 1.81. The predicted octanol–water partition coefficient (Wildman–Crippen LogP) is 0.449. The highest BCUT2D eigenvalue weighted by Gasteiger charge is 2.31. The number of likely N-dealkylation sites (tertiary alicyclic amines) is 1. The zero-order valence-electron chi connectivity index (χ0n) is 11.4. The van der Waals surface area contributed by atoms with Crippen LogP contribution in [-0.4, -0.2) is 52.1 Å². The van der Waals surface area contributed by atoms with Crippen molar-refractivity contribution in [1.82, 2.24) is 20.0 Å². The van der Waals surface area contributed by atoms with Crippen LogP contribution in [0.4, 0.5) is 0 Å². The molecule has 0 aromatic carbocycles. The van der Waals surface area contributed by atoms with Crippen molar-refractivity contribution >= 4 is 0 Å². The van der Waals surface area contributed by atoms with Crippen LogP contribution < -0.4 is 5.32 Å². The maximum Gasteiger partial charge on any atom is 0.0898 e. The highest BCUT2D eigenvalue weighted by molar-refractivity contribution is 5.00. The molecule has 0 saturated carbocycles. The number of nitrogens with zero attached hydrogens (tertiary/aromatic N) is 3. The molecule has 102 valence electrons.